The molecule has 1 amide bonds. The van der Waals surface area contributed by atoms with E-state index in [-0.39, 0.29) is 23.7 Å². The lowest BCUT2D eigenvalue weighted by Gasteiger charge is -2.06. The minimum Gasteiger partial charge on any atom is -0.383 e. The van der Waals surface area contributed by atoms with Crippen LogP contribution in [0.3, 0.4) is 0 Å². The normalized spacial score (nSPS) is 11.5. The Bertz CT molecular complexity index is 1610. The van der Waals surface area contributed by atoms with Crippen LogP contribution in [0, 0.1) is 5.82 Å². The molecule has 2 aromatic heterocycles. The highest BCUT2D eigenvalue weighted by Crippen LogP contribution is 2.28. The largest absolute Gasteiger partial charge is 0.383 e. The van der Waals surface area contributed by atoms with Gasteiger partial charge in [0.1, 0.15) is 22.7 Å². The van der Waals surface area contributed by atoms with Crippen molar-refractivity contribution >= 4 is 63.3 Å². The number of nitrogens with one attached hydrogen (secondary N) is 1. The second-order valence-electron chi connectivity index (χ2n) is 7.68. The summed E-state index contributed by atoms with van der Waals surface area (Å²) in [6.07, 6.45) is 1.54. The maximum absolute atomic E-state index is 13.2. The molecule has 10 heteroatoms. The number of fused-ring (bicyclic) bond motifs is 2. The molecule has 0 bridgehead atoms. The van der Waals surface area contributed by atoms with Crippen LogP contribution in [0.15, 0.2) is 71.8 Å². The molecule has 0 aliphatic rings. The van der Waals surface area contributed by atoms with E-state index in [4.69, 9.17) is 28.9 Å². The van der Waals surface area contributed by atoms with Gasteiger partial charge in [-0.1, -0.05) is 53.5 Å². The lowest BCUT2D eigenvalue weighted by Crippen LogP contribution is -2.23. The molecule has 0 unspecified atom stereocenters. The van der Waals surface area contributed by atoms with E-state index < -0.39 is 5.91 Å². The molecule has 0 saturated carbocycles. The molecule has 5 aromatic rings. The Morgan fingerprint density at radius 3 is 2.46 bits per heavy atom. The number of carbonyl (C=O) groups excluding carboxylic acids is 1. The third kappa shape index (κ3) is 4.53. The van der Waals surface area contributed by atoms with E-state index >= 15 is 0 Å². The highest BCUT2D eigenvalue weighted by molar-refractivity contribution is 6.42. The van der Waals surface area contributed by atoms with Gasteiger partial charge in [-0.3, -0.25) is 4.79 Å². The summed E-state index contributed by atoms with van der Waals surface area (Å²) in [6.45, 7) is 0.179. The van der Waals surface area contributed by atoms with Crippen molar-refractivity contribution in [2.24, 2.45) is 5.10 Å². The first-order valence-electron chi connectivity index (χ1n) is 10.5. The molecule has 0 aliphatic heterocycles. The van der Waals surface area contributed by atoms with Gasteiger partial charge in [-0.05, 0) is 47.5 Å². The predicted octanol–water partition coefficient (Wildman–Crippen LogP) is 5.42. The zero-order valence-electron chi connectivity index (χ0n) is 18.0. The van der Waals surface area contributed by atoms with Crippen molar-refractivity contribution in [2.75, 3.05) is 5.73 Å². The first kappa shape index (κ1) is 22.8. The van der Waals surface area contributed by atoms with E-state index in [0.717, 1.165) is 5.56 Å². The second kappa shape index (κ2) is 9.32. The molecular weight excluding hydrogens is 490 g/mol. The van der Waals surface area contributed by atoms with Crippen molar-refractivity contribution in [1.82, 2.24) is 20.0 Å². The van der Waals surface area contributed by atoms with Crippen LogP contribution in [-0.2, 0) is 6.54 Å². The smallest absolute Gasteiger partial charge is 0.257 e. The predicted molar refractivity (Wildman–Crippen MR) is 136 cm³/mol. The van der Waals surface area contributed by atoms with Crippen LogP contribution in [-0.4, -0.2) is 26.8 Å². The van der Waals surface area contributed by atoms with Gasteiger partial charge in [0.05, 0.1) is 27.3 Å². The number of nitrogens with zero attached hydrogens (tertiary/aromatic N) is 4. The highest BCUT2D eigenvalue weighted by atomic mass is 35.5. The molecule has 5 rings (SSSR count). The Morgan fingerprint density at radius 2 is 1.74 bits per heavy atom. The zero-order valence-corrected chi connectivity index (χ0v) is 19.6. The van der Waals surface area contributed by atoms with Gasteiger partial charge in [-0.15, -0.1) is 0 Å². The van der Waals surface area contributed by atoms with Gasteiger partial charge in [0.2, 0.25) is 0 Å². The molecule has 0 atom stereocenters. The van der Waals surface area contributed by atoms with E-state index in [1.807, 2.05) is 18.2 Å². The molecule has 0 spiro atoms. The van der Waals surface area contributed by atoms with Crippen LogP contribution in [0.25, 0.3) is 22.2 Å². The maximum Gasteiger partial charge on any atom is 0.257 e. The van der Waals surface area contributed by atoms with Crippen LogP contribution >= 0.6 is 23.2 Å². The lowest BCUT2D eigenvalue weighted by molar-refractivity contribution is 0.0953. The number of aromatic nitrogens is 3. The number of para-hydroxylation sites is 2. The number of benzene rings is 3. The number of nitrogens with two attached hydrogens (primary N) is 1. The molecular formula is C25H17Cl2FN6O. The van der Waals surface area contributed by atoms with Gasteiger partial charge in [0.15, 0.2) is 5.65 Å². The molecule has 7 nitrogen and oxygen atoms in total. The van der Waals surface area contributed by atoms with Crippen LogP contribution in [0.2, 0.25) is 10.0 Å². The number of hydrogen-bond acceptors (Lipinski definition) is 5. The van der Waals surface area contributed by atoms with E-state index in [2.05, 4.69) is 20.4 Å². The van der Waals surface area contributed by atoms with E-state index in [0.29, 0.717) is 37.8 Å². The first-order valence-corrected chi connectivity index (χ1v) is 11.2. The first-order chi connectivity index (χ1) is 16.9. The average Bonchev–Trinajstić information content (AvgIpc) is 3.12. The van der Waals surface area contributed by atoms with Crippen molar-refractivity contribution in [3.05, 3.63) is 99.3 Å². The van der Waals surface area contributed by atoms with Crippen molar-refractivity contribution in [3.8, 4) is 0 Å². The van der Waals surface area contributed by atoms with Gasteiger partial charge >= 0.3 is 0 Å². The van der Waals surface area contributed by atoms with Crippen LogP contribution in [0.4, 0.5) is 10.2 Å². The Labute approximate surface area is 209 Å². The van der Waals surface area contributed by atoms with Gasteiger partial charge in [-0.25, -0.2) is 14.4 Å². The topological polar surface area (TPSA) is 98.2 Å². The molecule has 35 heavy (non-hydrogen) atoms. The zero-order chi connectivity index (χ0) is 24.5. The average molecular weight is 507 g/mol. The van der Waals surface area contributed by atoms with Gasteiger partial charge in [0, 0.05) is 6.54 Å². The van der Waals surface area contributed by atoms with Gasteiger partial charge < -0.3 is 11.1 Å². The van der Waals surface area contributed by atoms with Crippen LogP contribution < -0.4 is 11.1 Å². The van der Waals surface area contributed by atoms with Gasteiger partial charge in [0.25, 0.3) is 5.91 Å². The molecule has 0 fully saturated rings. The van der Waals surface area contributed by atoms with Gasteiger partial charge in [-0.2, -0.15) is 9.78 Å². The number of amides is 1. The summed E-state index contributed by atoms with van der Waals surface area (Å²) < 4.78 is 14.6. The molecule has 0 saturated heterocycles. The number of carbonyl (C=O) groups is 1. The molecule has 3 N–H and O–H groups in total. The number of halogens is 3. The van der Waals surface area contributed by atoms with Crippen LogP contribution in [0.5, 0.6) is 0 Å². The highest BCUT2D eigenvalue weighted by Gasteiger charge is 2.24. The monoisotopic (exact) mass is 506 g/mol. The maximum atomic E-state index is 13.2. The summed E-state index contributed by atoms with van der Waals surface area (Å²) in [5, 5.41) is 8.07. The lowest BCUT2D eigenvalue weighted by atomic mass is 10.2. The summed E-state index contributed by atoms with van der Waals surface area (Å²) in [6, 6.07) is 18.2. The minimum atomic E-state index is -0.454. The third-order valence-corrected chi connectivity index (χ3v) is 6.07. The summed E-state index contributed by atoms with van der Waals surface area (Å²) in [5.41, 5.74) is 9.82. The Hall–Kier alpha value is -4.01. The SMILES string of the molecule is Nc1c(C(=O)NCc2ccc(F)cc2)c2nc3ccccc3nc2n1/N=C/c1ccc(Cl)c(Cl)c1. The third-order valence-electron chi connectivity index (χ3n) is 5.33. The fraction of sp³-hybridized carbons (Fsp3) is 0.0400. The molecule has 3 aromatic carbocycles. The molecule has 0 radical (unpaired) electrons. The van der Waals surface area contributed by atoms with Crippen molar-refractivity contribution in [3.63, 3.8) is 0 Å². The van der Waals surface area contributed by atoms with E-state index in [9.17, 15) is 9.18 Å². The Morgan fingerprint density at radius 1 is 1.03 bits per heavy atom. The summed E-state index contributed by atoms with van der Waals surface area (Å²) in [7, 11) is 0. The summed E-state index contributed by atoms with van der Waals surface area (Å²) in [4.78, 5) is 22.5. The molecule has 0 aliphatic carbocycles. The Kier molecular flexibility index (Phi) is 6.07. The molecule has 174 valence electrons. The quantitative estimate of drug-likeness (QED) is 0.310. The minimum absolute atomic E-state index is 0.0724. The van der Waals surface area contributed by atoms with Crippen LogP contribution in [0.1, 0.15) is 21.5 Å². The number of anilines is 1. The number of hydrogen-bond donors (Lipinski definition) is 2. The summed E-state index contributed by atoms with van der Waals surface area (Å²) in [5.74, 6) is -0.734. The number of rotatable bonds is 5. The summed E-state index contributed by atoms with van der Waals surface area (Å²) >= 11 is 12.1. The van der Waals surface area contributed by atoms with E-state index in [1.165, 1.54) is 23.0 Å². The standard InChI is InChI=1S/C25H17Cl2FN6O/c26-17-10-7-15(11-18(17)27)13-31-34-23(29)21(25(35)30-12-14-5-8-16(28)9-6-14)22-24(34)33-20-4-2-1-3-19(20)32-22/h1-11,13H,12,29H2,(H,30,35)/b31-13+. The van der Waals surface area contributed by atoms with E-state index in [1.54, 1.807) is 36.4 Å². The van der Waals surface area contributed by atoms with Crippen molar-refractivity contribution < 1.29 is 9.18 Å². The van der Waals surface area contributed by atoms with Crippen molar-refractivity contribution in [2.45, 2.75) is 6.54 Å². The molecule has 2 heterocycles. The fourth-order valence-corrected chi connectivity index (χ4v) is 3.88. The number of nitrogen functional groups attached to an aromatic ring is 1. The Balaban J connectivity index is 1.58. The van der Waals surface area contributed by atoms with Crippen molar-refractivity contribution in [1.29, 1.82) is 0 Å². The fourth-order valence-electron chi connectivity index (χ4n) is 3.58. The second-order valence-corrected chi connectivity index (χ2v) is 8.50.